The molecule has 5 aromatic heterocycles. The van der Waals surface area contributed by atoms with Crippen molar-refractivity contribution < 1.29 is 77.6 Å². The number of halogens is 5. The van der Waals surface area contributed by atoms with Crippen LogP contribution >= 0.6 is 58.0 Å². The average molecular weight is 1920 g/mol. The molecule has 5 aliphatic heterocycles. The van der Waals surface area contributed by atoms with Crippen LogP contribution < -0.4 is 26.6 Å². The molecule has 132 heavy (non-hydrogen) atoms. The summed E-state index contributed by atoms with van der Waals surface area (Å²) in [7, 11) is 7.35. The van der Waals surface area contributed by atoms with Crippen LogP contribution in [0.1, 0.15) is 143 Å². The van der Waals surface area contributed by atoms with Gasteiger partial charge in [-0.2, -0.15) is 25.5 Å². The van der Waals surface area contributed by atoms with E-state index in [4.69, 9.17) is 82.5 Å². The molecule has 12 N–H and O–H groups in total. The number of anilines is 5. The molecule has 0 fully saturated rings. The van der Waals surface area contributed by atoms with E-state index in [-0.39, 0.29) is 109 Å². The number of urea groups is 5. The second-order valence-corrected chi connectivity index (χ2v) is 32.9. The van der Waals surface area contributed by atoms with Gasteiger partial charge < -0.3 is 56.2 Å². The van der Waals surface area contributed by atoms with Crippen LogP contribution in [0, 0.1) is 5.92 Å². The largest absolute Gasteiger partial charge is 0.394 e. The first kappa shape index (κ1) is 99.6. The van der Waals surface area contributed by atoms with Gasteiger partial charge in [0.05, 0.1) is 65.8 Å². The maximum Gasteiger partial charge on any atom is 0.322 e. The first-order chi connectivity index (χ1) is 63.3. The van der Waals surface area contributed by atoms with E-state index in [2.05, 4.69) is 77.6 Å². The zero-order chi connectivity index (χ0) is 95.0. The topological polar surface area (TPSA) is 484 Å². The molecule has 0 radical (unpaired) electrons. The molecule has 0 aliphatic carbocycles. The summed E-state index contributed by atoms with van der Waals surface area (Å²) in [6.07, 6.45) is 3.69. The predicted molar refractivity (Wildman–Crippen MR) is 490 cm³/mol. The number of amides is 15. The average Bonchev–Trinajstić information content (AvgIpc) is 1.67. The predicted octanol–water partition coefficient (Wildman–Crippen LogP) is 12.8. The fourth-order valence-corrected chi connectivity index (χ4v) is 14.9. The highest BCUT2D eigenvalue weighted by atomic mass is 35.5. The molecule has 5 aliphatic rings. The Labute approximate surface area is 783 Å². The van der Waals surface area contributed by atoms with Gasteiger partial charge in [-0.1, -0.05) is 109 Å². The fourth-order valence-electron chi connectivity index (χ4n) is 13.9. The number of aromatic amines is 5. The molecule has 0 atom stereocenters. The number of aliphatic hydroxyl groups excluding tert-OH is 1. The van der Waals surface area contributed by atoms with E-state index in [1.54, 1.807) is 174 Å². The van der Waals surface area contributed by atoms with Crippen LogP contribution in [-0.4, -0.2) is 272 Å². The van der Waals surface area contributed by atoms with Gasteiger partial charge in [0.2, 0.25) is 0 Å². The summed E-state index contributed by atoms with van der Waals surface area (Å²) in [4.78, 5) is 154. The van der Waals surface area contributed by atoms with Crippen molar-refractivity contribution in [3.8, 4) is 0 Å². The monoisotopic (exact) mass is 1920 g/mol. The number of nitrogens with one attached hydrogen (secondary N) is 10. The summed E-state index contributed by atoms with van der Waals surface area (Å²) in [6, 6.07) is 33.3. The second-order valence-electron chi connectivity index (χ2n) is 30.7. The van der Waals surface area contributed by atoms with Crippen molar-refractivity contribution in [3.63, 3.8) is 0 Å². The molecular weight excluding hydrogens is 1820 g/mol. The minimum Gasteiger partial charge on any atom is -0.394 e. The number of aliphatic hydroxyl groups is 1. The molecule has 0 spiro atoms. The number of hydroxylamine groups is 10. The number of carbonyl (C=O) groups excluding carboxylic acids is 10. The Bertz CT molecular complexity index is 5610. The second kappa shape index (κ2) is 47.2. The van der Waals surface area contributed by atoms with Crippen molar-refractivity contribution in [2.75, 3.05) is 128 Å². The Morgan fingerprint density at radius 2 is 0.606 bits per heavy atom. The Morgan fingerprint density at radius 1 is 0.371 bits per heavy atom. The molecule has 0 saturated carbocycles. The first-order valence-corrected chi connectivity index (χ1v) is 43.8. The van der Waals surface area contributed by atoms with Crippen molar-refractivity contribution in [1.82, 2.24) is 101 Å². The lowest BCUT2D eigenvalue weighted by Gasteiger charge is -2.27. The highest BCUT2D eigenvalue weighted by molar-refractivity contribution is 6.32. The number of aromatic nitrogens is 10. The maximum absolute atomic E-state index is 12.7. The summed E-state index contributed by atoms with van der Waals surface area (Å²) in [5.41, 5.74) is 11.9. The van der Waals surface area contributed by atoms with E-state index < -0.39 is 11.8 Å². The number of benzene rings is 5. The molecule has 0 unspecified atom stereocenters. The van der Waals surface area contributed by atoms with Gasteiger partial charge in [0.15, 0.2) is 28.5 Å². The molecule has 702 valence electrons. The molecule has 15 amide bonds. The van der Waals surface area contributed by atoms with E-state index in [9.17, 15) is 53.2 Å². The molecule has 10 aromatic rings. The van der Waals surface area contributed by atoms with Gasteiger partial charge in [-0.15, -0.1) is 0 Å². The van der Waals surface area contributed by atoms with Crippen molar-refractivity contribution in [3.05, 3.63) is 231 Å². The Balaban J connectivity index is 0.000000159. The van der Waals surface area contributed by atoms with Crippen molar-refractivity contribution in [2.24, 2.45) is 5.92 Å². The lowest BCUT2D eigenvalue weighted by Crippen LogP contribution is -2.39. The minimum absolute atomic E-state index is 0.00300. The zero-order valence-corrected chi connectivity index (χ0v) is 77.5. The number of hydrogen-bond acceptors (Lipinski definition) is 21. The highest BCUT2D eigenvalue weighted by Gasteiger charge is 2.36. The molecule has 0 saturated heterocycles. The van der Waals surface area contributed by atoms with Gasteiger partial charge in [-0.05, 0) is 110 Å². The highest BCUT2D eigenvalue weighted by Crippen LogP contribution is 2.31. The molecule has 0 bridgehead atoms. The Kier molecular flexibility index (Phi) is 35.7. The third kappa shape index (κ3) is 26.7. The van der Waals surface area contributed by atoms with Gasteiger partial charge >= 0.3 is 30.2 Å². The smallest absolute Gasteiger partial charge is 0.322 e. The number of nitrogens with zero attached hydrogens (tertiary/aromatic N) is 15. The van der Waals surface area contributed by atoms with Gasteiger partial charge in [0.25, 0.3) is 29.5 Å². The third-order valence-electron chi connectivity index (χ3n) is 20.7. The van der Waals surface area contributed by atoms with Crippen LogP contribution in [-0.2, 0) is 84.2 Å². The Hall–Kier alpha value is -12.9. The van der Waals surface area contributed by atoms with Gasteiger partial charge in [0.1, 0.15) is 0 Å². The Morgan fingerprint density at radius 3 is 0.826 bits per heavy atom. The summed E-state index contributed by atoms with van der Waals surface area (Å²) in [5.74, 6) is -1.79. The molecule has 5 aromatic carbocycles. The van der Waals surface area contributed by atoms with Crippen molar-refractivity contribution >= 4 is 146 Å². The number of rotatable bonds is 21. The standard InChI is InChI=1S/C19H24ClN5O3.C18H22ClN5O3.C17H20ClN5O4.C17H20ClN5O3.C15H16ClN5O3/c1-12(2)11-28-24(3)18(26)17-15-10-25(8-7-16(15)22-23-17)19(27)21-14-6-4-5-13(20)9-14;1-3-9-27-23(2)17(25)16-14-11-24(8-7-15(14)21-22-16)18(26)20-13-6-4-5-12(19)10-13;1-22(27-8-7-24)16(25)15-13-10-23(6-5-14(13)20-21-15)17(26)19-12-4-2-3-11(18)9-12;1-3-26-22(2)16(24)15-13-10-23(8-7-14(13)20-21-15)17(25)19-12-6-4-5-11(18)9-12;1-20(24)14(22)13-11-8-21(6-5-12(11)18-19-13)15(23)17-10-4-2-3-9(16)7-10/h4-6,9,12H,7-8,10-11H2,1-3H3,(H,21,27)(H,22,23);4-6,10H,3,7-9,11H2,1-2H3,(H,20,26)(H,21,22);2-4,9,24H,5-8,10H2,1H3,(H,19,26)(H,20,21);4-6,9H,3,7-8,10H2,1-2H3,(H,19,25)(H,20,21);2-4,7,24H,5-6,8H2,1H3,(H,17,23)(H,18,19). The molecule has 41 nitrogen and oxygen atoms in total. The van der Waals surface area contributed by atoms with Gasteiger partial charge in [0, 0.05) is 210 Å². The molecular formula is C86H102Cl5N25O16. The summed E-state index contributed by atoms with van der Waals surface area (Å²) in [5, 5.41) is 74.7. The number of hydrogen-bond donors (Lipinski definition) is 12. The normalized spacial score (nSPS) is 13.3. The van der Waals surface area contributed by atoms with E-state index in [0.717, 1.165) is 56.1 Å². The third-order valence-corrected chi connectivity index (χ3v) is 21.9. The van der Waals surface area contributed by atoms with Crippen LogP contribution in [0.5, 0.6) is 0 Å². The molecule has 15 rings (SSSR count). The van der Waals surface area contributed by atoms with E-state index in [1.165, 1.54) is 24.2 Å². The lowest BCUT2D eigenvalue weighted by atomic mass is 10.1. The SMILES string of the molecule is CC(C)CON(C)C(=O)c1n[nH]c2c1CN(C(=O)Nc1cccc(Cl)c1)CC2.CCCON(C)C(=O)c1n[nH]c2c1CN(C(=O)Nc1cccc(Cl)c1)CC2.CCON(C)C(=O)c1n[nH]c2c1CN(C(=O)Nc1cccc(Cl)c1)CC2.CN(O)C(=O)c1n[nH]c2c1CN(C(=O)Nc1cccc(Cl)c1)CC2.CN(OCCO)C(=O)c1n[nH]c2c1CN(C(=O)Nc1cccc(Cl)c1)CC2. The maximum atomic E-state index is 12.7. The number of H-pyrrole nitrogens is 5. The summed E-state index contributed by atoms with van der Waals surface area (Å²) >= 11 is 29.7. The van der Waals surface area contributed by atoms with Gasteiger partial charge in [-0.3, -0.25) is 74.0 Å². The minimum atomic E-state index is -0.621. The quantitative estimate of drug-likeness (QED) is 0.0235. The van der Waals surface area contributed by atoms with Crippen LogP contribution in [0.4, 0.5) is 52.4 Å². The van der Waals surface area contributed by atoms with Crippen LogP contribution in [0.3, 0.4) is 0 Å². The van der Waals surface area contributed by atoms with Gasteiger partial charge in [-0.25, -0.2) is 49.3 Å². The molecule has 46 heteroatoms. The van der Waals surface area contributed by atoms with Crippen molar-refractivity contribution in [2.45, 2.75) is 98.9 Å². The van der Waals surface area contributed by atoms with E-state index in [1.807, 2.05) is 20.8 Å². The van der Waals surface area contributed by atoms with Crippen LogP contribution in [0.15, 0.2) is 121 Å². The molecule has 10 heterocycles. The van der Waals surface area contributed by atoms with Crippen LogP contribution in [0.25, 0.3) is 0 Å². The number of fused-ring (bicyclic) bond motifs is 5. The zero-order valence-electron chi connectivity index (χ0n) is 73.7. The lowest BCUT2D eigenvalue weighted by molar-refractivity contribution is -0.115. The van der Waals surface area contributed by atoms with Crippen molar-refractivity contribution in [1.29, 1.82) is 0 Å². The summed E-state index contributed by atoms with van der Waals surface area (Å²) < 4.78 is 0. The first-order valence-electron chi connectivity index (χ1n) is 41.9. The number of carbonyl (C=O) groups is 10. The summed E-state index contributed by atoms with van der Waals surface area (Å²) in [6.45, 7) is 12.7. The van der Waals surface area contributed by atoms with Crippen LogP contribution in [0.2, 0.25) is 25.1 Å². The van der Waals surface area contributed by atoms with E-state index >= 15 is 0 Å². The van der Waals surface area contributed by atoms with E-state index in [0.29, 0.717) is 179 Å². The fraction of sp³-hybridized carbons (Fsp3) is 0.360.